The highest BCUT2D eigenvalue weighted by molar-refractivity contribution is 5.93. The number of nitrogens with one attached hydrogen (secondary N) is 1. The van der Waals surface area contributed by atoms with Crippen LogP contribution in [0.3, 0.4) is 0 Å². The number of rotatable bonds is 0. The van der Waals surface area contributed by atoms with Gasteiger partial charge in [0.1, 0.15) is 11.8 Å². The summed E-state index contributed by atoms with van der Waals surface area (Å²) in [4.78, 5) is 22.9. The molecule has 114 valence electrons. The van der Waals surface area contributed by atoms with Gasteiger partial charge in [-0.15, -0.1) is 0 Å². The highest BCUT2D eigenvalue weighted by Gasteiger charge is 2.24. The van der Waals surface area contributed by atoms with Crippen LogP contribution < -0.4 is 5.32 Å². The number of ether oxygens (including phenoxy) is 1. The molecule has 5 nitrogen and oxygen atoms in total. The smallest absolute Gasteiger partial charge is 0.407 e. The van der Waals surface area contributed by atoms with Crippen molar-refractivity contribution >= 4 is 12.0 Å². The third-order valence-corrected chi connectivity index (χ3v) is 2.25. The summed E-state index contributed by atoms with van der Waals surface area (Å²) in [6, 6.07) is 0. The largest absolute Gasteiger partial charge is 0.444 e. The fourth-order valence-electron chi connectivity index (χ4n) is 1.42. The summed E-state index contributed by atoms with van der Waals surface area (Å²) in [6.07, 6.45) is -0.781. The van der Waals surface area contributed by atoms with Gasteiger partial charge in [-0.1, -0.05) is 5.92 Å². The third kappa shape index (κ3) is 8.35. The Morgan fingerprint density at radius 2 is 2.00 bits per heavy atom. The second kappa shape index (κ2) is 8.41. The van der Waals surface area contributed by atoms with E-state index in [1.807, 2.05) is 20.8 Å². The van der Waals surface area contributed by atoms with Gasteiger partial charge >= 0.3 is 6.09 Å². The molecular weight excluding hydrogens is 263 g/mol. The highest BCUT2D eigenvalue weighted by atomic mass is 19.1. The van der Waals surface area contributed by atoms with Crippen LogP contribution in [0.25, 0.3) is 0 Å². The molecule has 6 heteroatoms. The molecule has 20 heavy (non-hydrogen) atoms. The molecule has 1 aliphatic heterocycles. The zero-order valence-electron chi connectivity index (χ0n) is 12.7. The van der Waals surface area contributed by atoms with E-state index in [2.05, 4.69) is 17.2 Å². The number of carbonyl (C=O) groups excluding carboxylic acids is 2. The van der Waals surface area contributed by atoms with Crippen molar-refractivity contribution in [2.45, 2.75) is 45.9 Å². The minimum atomic E-state index is -0.849. The van der Waals surface area contributed by atoms with Crippen LogP contribution in [0.2, 0.25) is 0 Å². The van der Waals surface area contributed by atoms with E-state index < -0.39 is 6.17 Å². The summed E-state index contributed by atoms with van der Waals surface area (Å²) in [6.45, 7) is 7.79. The molecule has 0 bridgehead atoms. The average Bonchev–Trinajstić information content (AvgIpc) is 2.75. The summed E-state index contributed by atoms with van der Waals surface area (Å²) in [7, 11) is 1.54. The molecule has 0 aromatic heterocycles. The lowest BCUT2D eigenvalue weighted by molar-refractivity contribution is -0.124. The number of hydrogen-bond donors (Lipinski definition) is 1. The van der Waals surface area contributed by atoms with E-state index in [-0.39, 0.29) is 24.1 Å². The number of nitrogens with zero attached hydrogens (tertiary/aromatic N) is 1. The van der Waals surface area contributed by atoms with Gasteiger partial charge in [-0.25, -0.2) is 9.18 Å². The molecule has 0 aliphatic carbocycles. The molecule has 0 radical (unpaired) electrons. The monoisotopic (exact) mass is 286 g/mol. The lowest BCUT2D eigenvalue weighted by Gasteiger charge is -2.18. The van der Waals surface area contributed by atoms with Crippen LogP contribution in [0, 0.1) is 11.8 Å². The van der Waals surface area contributed by atoms with E-state index in [0.717, 1.165) is 0 Å². The zero-order chi connectivity index (χ0) is 15.8. The molecule has 0 saturated carbocycles. The molecule has 1 saturated heterocycles. The van der Waals surface area contributed by atoms with Gasteiger partial charge in [0.15, 0.2) is 0 Å². The van der Waals surface area contributed by atoms with E-state index >= 15 is 0 Å². The van der Waals surface area contributed by atoms with Gasteiger partial charge < -0.3 is 15.0 Å². The summed E-state index contributed by atoms with van der Waals surface area (Å²) < 4.78 is 17.4. The molecule has 1 unspecified atom stereocenters. The van der Waals surface area contributed by atoms with Gasteiger partial charge in [-0.3, -0.25) is 4.79 Å². The summed E-state index contributed by atoms with van der Waals surface area (Å²) in [5, 5.41) is 2.36. The first-order valence-corrected chi connectivity index (χ1v) is 6.46. The van der Waals surface area contributed by atoms with Crippen molar-refractivity contribution in [3.8, 4) is 11.8 Å². The molecule has 2 amide bonds. The Balaban J connectivity index is 0.000000370. The highest BCUT2D eigenvalue weighted by Crippen LogP contribution is 2.11. The number of likely N-dealkylation sites (tertiary alicyclic amines) is 1. The normalized spacial score (nSPS) is 17.3. The van der Waals surface area contributed by atoms with Gasteiger partial charge in [-0.2, -0.15) is 0 Å². The molecule has 1 atom stereocenters. The Morgan fingerprint density at radius 3 is 2.30 bits per heavy atom. The van der Waals surface area contributed by atoms with E-state index in [1.54, 1.807) is 6.92 Å². The maximum absolute atomic E-state index is 12.5. The van der Waals surface area contributed by atoms with Crippen LogP contribution in [0.1, 0.15) is 34.1 Å². The number of hydrogen-bond acceptors (Lipinski definition) is 3. The van der Waals surface area contributed by atoms with Crippen LogP contribution >= 0.6 is 0 Å². The van der Waals surface area contributed by atoms with Crippen molar-refractivity contribution in [1.82, 2.24) is 10.2 Å². The number of carbonyl (C=O) groups is 2. The van der Waals surface area contributed by atoms with Crippen LogP contribution in [-0.2, 0) is 9.53 Å². The van der Waals surface area contributed by atoms with Gasteiger partial charge in [0.05, 0.1) is 6.54 Å². The molecule has 0 aromatic carbocycles. The molecule has 1 heterocycles. The van der Waals surface area contributed by atoms with Crippen molar-refractivity contribution in [3.63, 3.8) is 0 Å². The fourth-order valence-corrected chi connectivity index (χ4v) is 1.42. The minimum Gasteiger partial charge on any atom is -0.444 e. The first kappa shape index (κ1) is 18.2. The molecule has 0 aromatic rings. The van der Waals surface area contributed by atoms with Crippen molar-refractivity contribution < 1.29 is 18.7 Å². The number of alkyl carbamates (subject to hydrolysis) is 1. The second-order valence-corrected chi connectivity index (χ2v) is 5.26. The fraction of sp³-hybridized carbons (Fsp3) is 0.714. The molecule has 0 spiro atoms. The quantitative estimate of drug-likeness (QED) is 0.690. The van der Waals surface area contributed by atoms with E-state index in [1.165, 1.54) is 11.9 Å². The Kier molecular flexibility index (Phi) is 7.67. The molecule has 1 aliphatic rings. The Morgan fingerprint density at radius 1 is 1.40 bits per heavy atom. The van der Waals surface area contributed by atoms with Crippen molar-refractivity contribution in [1.29, 1.82) is 0 Å². The Labute approximate surface area is 119 Å². The topological polar surface area (TPSA) is 58.6 Å². The minimum absolute atomic E-state index is 0.216. The summed E-state index contributed by atoms with van der Waals surface area (Å²) >= 11 is 0. The molecule has 1 fully saturated rings. The van der Waals surface area contributed by atoms with E-state index in [4.69, 9.17) is 4.74 Å². The van der Waals surface area contributed by atoms with Crippen LogP contribution in [0.15, 0.2) is 0 Å². The summed E-state index contributed by atoms with van der Waals surface area (Å²) in [5.74, 6) is 4.62. The van der Waals surface area contributed by atoms with Crippen molar-refractivity contribution in [2.24, 2.45) is 0 Å². The molecular formula is C14H23FN2O3. The Hall–Kier alpha value is -1.77. The average molecular weight is 286 g/mol. The van der Waals surface area contributed by atoms with Crippen LogP contribution in [-0.4, -0.2) is 48.8 Å². The third-order valence-electron chi connectivity index (χ3n) is 2.25. The lowest BCUT2D eigenvalue weighted by Crippen LogP contribution is -2.30. The Bertz CT molecular complexity index is 393. The predicted octanol–water partition coefficient (Wildman–Crippen LogP) is 1.72. The van der Waals surface area contributed by atoms with Gasteiger partial charge in [0.2, 0.25) is 0 Å². The maximum atomic E-state index is 12.5. The van der Waals surface area contributed by atoms with Gasteiger partial charge in [0, 0.05) is 13.6 Å². The predicted molar refractivity (Wildman–Crippen MR) is 74.8 cm³/mol. The van der Waals surface area contributed by atoms with Gasteiger partial charge in [-0.05, 0) is 40.0 Å². The number of amides is 2. The van der Waals surface area contributed by atoms with Crippen molar-refractivity contribution in [2.75, 3.05) is 20.1 Å². The first-order valence-electron chi connectivity index (χ1n) is 6.46. The van der Waals surface area contributed by atoms with Crippen LogP contribution in [0.5, 0.6) is 0 Å². The van der Waals surface area contributed by atoms with E-state index in [0.29, 0.717) is 13.0 Å². The molecule has 1 N–H and O–H groups in total. The van der Waals surface area contributed by atoms with Gasteiger partial charge in [0.25, 0.3) is 5.91 Å². The number of halogens is 1. The van der Waals surface area contributed by atoms with Crippen molar-refractivity contribution in [3.05, 3.63) is 0 Å². The summed E-state index contributed by atoms with van der Waals surface area (Å²) in [5.41, 5.74) is -0.389. The first-order chi connectivity index (χ1) is 9.19. The lowest BCUT2D eigenvalue weighted by atomic mass is 10.2. The second-order valence-electron chi connectivity index (χ2n) is 5.26. The maximum Gasteiger partial charge on any atom is 0.407 e. The zero-order valence-corrected chi connectivity index (χ0v) is 12.7. The molecule has 1 rings (SSSR count). The van der Waals surface area contributed by atoms with E-state index in [9.17, 15) is 14.0 Å². The van der Waals surface area contributed by atoms with Crippen LogP contribution in [0.4, 0.5) is 9.18 Å². The standard InChI is InChI=1S/C8H10FNO.C6H13NO2/c1-2-3-8(11)10-5-4-7(9)6-10;1-6(2,3)9-5(8)7-4/h7H,4-6H2,1H3;1-4H3,(H,7,8). The SMILES string of the molecule is CC#CC(=O)N1CCC(F)C1.CNC(=O)OC(C)(C)C. The number of alkyl halides is 1.